The van der Waals surface area contributed by atoms with Crippen LogP contribution in [0, 0.1) is 6.92 Å². The fourth-order valence-corrected chi connectivity index (χ4v) is 1.90. The van der Waals surface area contributed by atoms with Gasteiger partial charge in [-0.2, -0.15) is 0 Å². The van der Waals surface area contributed by atoms with Gasteiger partial charge in [-0.05, 0) is 24.6 Å². The van der Waals surface area contributed by atoms with Crippen molar-refractivity contribution in [3.63, 3.8) is 0 Å². The zero-order valence-electron chi connectivity index (χ0n) is 11.7. The van der Waals surface area contributed by atoms with E-state index in [-0.39, 0.29) is 5.91 Å². The number of likely N-dealkylation sites (N-methyl/N-ethyl adjacent to an activating group) is 1. The molecule has 1 aromatic carbocycles. The van der Waals surface area contributed by atoms with Crippen LogP contribution in [0.2, 0.25) is 0 Å². The van der Waals surface area contributed by atoms with Crippen molar-refractivity contribution in [3.8, 4) is 0 Å². The van der Waals surface area contributed by atoms with Crippen molar-refractivity contribution < 1.29 is 4.79 Å². The van der Waals surface area contributed by atoms with Crippen LogP contribution in [0.15, 0.2) is 36.5 Å². The summed E-state index contributed by atoms with van der Waals surface area (Å²) in [5, 5.41) is 5.95. The van der Waals surface area contributed by atoms with Crippen LogP contribution >= 0.6 is 0 Å². The lowest BCUT2D eigenvalue weighted by Crippen LogP contribution is -2.20. The Morgan fingerprint density at radius 3 is 2.80 bits per heavy atom. The molecule has 0 aliphatic rings. The highest BCUT2D eigenvalue weighted by molar-refractivity contribution is 5.80. The number of aryl methyl sites for hydroxylation is 1. The summed E-state index contributed by atoms with van der Waals surface area (Å²) in [5.41, 5.74) is 2.84. The zero-order valence-corrected chi connectivity index (χ0v) is 11.7. The molecular formula is C15H18N4O. The summed E-state index contributed by atoms with van der Waals surface area (Å²) in [6.45, 7) is 2.47. The van der Waals surface area contributed by atoms with E-state index in [0.29, 0.717) is 13.0 Å². The van der Waals surface area contributed by atoms with Crippen molar-refractivity contribution in [3.05, 3.63) is 53.6 Å². The molecule has 0 atom stereocenters. The minimum absolute atomic E-state index is 0.00266. The Bertz CT molecular complexity index is 598. The molecule has 2 aromatic rings. The average molecular weight is 270 g/mol. The summed E-state index contributed by atoms with van der Waals surface area (Å²) in [5.74, 6) is 0.750. The SMILES string of the molecule is CNC(=O)Cc1ccccc1NCc1ccnc(C)n1. The second kappa shape index (κ2) is 6.65. The Morgan fingerprint density at radius 1 is 1.25 bits per heavy atom. The maximum absolute atomic E-state index is 11.5. The zero-order chi connectivity index (χ0) is 14.4. The van der Waals surface area contributed by atoms with E-state index in [9.17, 15) is 4.79 Å². The maximum atomic E-state index is 11.5. The van der Waals surface area contributed by atoms with E-state index < -0.39 is 0 Å². The van der Waals surface area contributed by atoms with Crippen molar-refractivity contribution in [2.24, 2.45) is 0 Å². The van der Waals surface area contributed by atoms with Gasteiger partial charge in [-0.15, -0.1) is 0 Å². The third-order valence-electron chi connectivity index (χ3n) is 2.94. The lowest BCUT2D eigenvalue weighted by Gasteiger charge is -2.11. The van der Waals surface area contributed by atoms with E-state index in [2.05, 4.69) is 20.6 Å². The fraction of sp³-hybridized carbons (Fsp3) is 0.267. The van der Waals surface area contributed by atoms with Crippen LogP contribution < -0.4 is 10.6 Å². The van der Waals surface area contributed by atoms with Gasteiger partial charge in [-0.25, -0.2) is 9.97 Å². The van der Waals surface area contributed by atoms with Crippen LogP contribution in [0.1, 0.15) is 17.1 Å². The number of hydrogen-bond acceptors (Lipinski definition) is 4. The Balaban J connectivity index is 2.07. The minimum atomic E-state index is -0.00266. The highest BCUT2D eigenvalue weighted by atomic mass is 16.1. The number of nitrogens with one attached hydrogen (secondary N) is 2. The normalized spacial score (nSPS) is 10.1. The van der Waals surface area contributed by atoms with Gasteiger partial charge in [0.1, 0.15) is 5.82 Å². The molecule has 2 rings (SSSR count). The molecule has 0 aliphatic carbocycles. The molecule has 104 valence electrons. The molecule has 0 spiro atoms. The van der Waals surface area contributed by atoms with Crippen LogP contribution in [0.5, 0.6) is 0 Å². The van der Waals surface area contributed by atoms with Crippen LogP contribution in [0.25, 0.3) is 0 Å². The van der Waals surface area contributed by atoms with Crippen molar-refractivity contribution in [1.29, 1.82) is 0 Å². The molecular weight excluding hydrogens is 252 g/mol. The first kappa shape index (κ1) is 14.0. The number of anilines is 1. The summed E-state index contributed by atoms with van der Waals surface area (Å²) >= 11 is 0. The van der Waals surface area contributed by atoms with Gasteiger partial charge >= 0.3 is 0 Å². The molecule has 0 radical (unpaired) electrons. The number of para-hydroxylation sites is 1. The van der Waals surface area contributed by atoms with E-state index in [1.54, 1.807) is 13.2 Å². The van der Waals surface area contributed by atoms with Crippen LogP contribution in [0.3, 0.4) is 0 Å². The van der Waals surface area contributed by atoms with Crippen LogP contribution in [-0.4, -0.2) is 22.9 Å². The van der Waals surface area contributed by atoms with Gasteiger partial charge in [0.15, 0.2) is 0 Å². The summed E-state index contributed by atoms with van der Waals surface area (Å²) in [4.78, 5) is 19.9. The lowest BCUT2D eigenvalue weighted by molar-refractivity contribution is -0.119. The van der Waals surface area contributed by atoms with E-state index in [0.717, 1.165) is 22.8 Å². The van der Waals surface area contributed by atoms with Gasteiger partial charge in [0, 0.05) is 18.9 Å². The molecule has 0 bridgehead atoms. The monoisotopic (exact) mass is 270 g/mol. The molecule has 0 saturated heterocycles. The molecule has 0 unspecified atom stereocenters. The van der Waals surface area contributed by atoms with Gasteiger partial charge in [0.25, 0.3) is 0 Å². The molecule has 0 saturated carbocycles. The third-order valence-corrected chi connectivity index (χ3v) is 2.94. The summed E-state index contributed by atoms with van der Waals surface area (Å²) < 4.78 is 0. The van der Waals surface area contributed by atoms with E-state index >= 15 is 0 Å². The number of carbonyl (C=O) groups is 1. The fourth-order valence-electron chi connectivity index (χ4n) is 1.90. The van der Waals surface area contributed by atoms with E-state index in [1.807, 2.05) is 37.3 Å². The Kier molecular flexibility index (Phi) is 4.65. The smallest absolute Gasteiger partial charge is 0.224 e. The van der Waals surface area contributed by atoms with Crippen LogP contribution in [-0.2, 0) is 17.8 Å². The Hall–Kier alpha value is -2.43. The first-order chi connectivity index (χ1) is 9.69. The number of benzene rings is 1. The second-order valence-corrected chi connectivity index (χ2v) is 4.46. The number of aromatic nitrogens is 2. The van der Waals surface area contributed by atoms with Gasteiger partial charge in [-0.1, -0.05) is 18.2 Å². The predicted octanol–water partition coefficient (Wildman–Crippen LogP) is 1.69. The maximum Gasteiger partial charge on any atom is 0.224 e. The van der Waals surface area contributed by atoms with Crippen molar-refractivity contribution in [1.82, 2.24) is 15.3 Å². The quantitative estimate of drug-likeness (QED) is 0.867. The van der Waals surface area contributed by atoms with Crippen molar-refractivity contribution in [2.45, 2.75) is 19.9 Å². The van der Waals surface area contributed by atoms with Gasteiger partial charge in [0.05, 0.1) is 18.7 Å². The largest absolute Gasteiger partial charge is 0.379 e. The molecule has 1 aromatic heterocycles. The molecule has 5 heteroatoms. The highest BCUT2D eigenvalue weighted by Crippen LogP contribution is 2.16. The molecule has 1 amide bonds. The van der Waals surface area contributed by atoms with Gasteiger partial charge in [-0.3, -0.25) is 4.79 Å². The number of rotatable bonds is 5. The molecule has 2 N–H and O–H groups in total. The summed E-state index contributed by atoms with van der Waals surface area (Å²) in [6.07, 6.45) is 2.11. The first-order valence-corrected chi connectivity index (χ1v) is 6.50. The van der Waals surface area contributed by atoms with E-state index in [4.69, 9.17) is 0 Å². The van der Waals surface area contributed by atoms with E-state index in [1.165, 1.54) is 0 Å². The lowest BCUT2D eigenvalue weighted by atomic mass is 10.1. The predicted molar refractivity (Wildman–Crippen MR) is 78.3 cm³/mol. The van der Waals surface area contributed by atoms with Crippen molar-refractivity contribution >= 4 is 11.6 Å². The standard InChI is InChI=1S/C15H18N4O/c1-11-17-8-7-13(19-11)10-18-14-6-4-3-5-12(14)9-15(20)16-2/h3-8,18H,9-10H2,1-2H3,(H,16,20). The minimum Gasteiger partial charge on any atom is -0.379 e. The summed E-state index contributed by atoms with van der Waals surface area (Å²) in [6, 6.07) is 9.66. The van der Waals surface area contributed by atoms with Gasteiger partial charge in [0.2, 0.25) is 5.91 Å². The van der Waals surface area contributed by atoms with Gasteiger partial charge < -0.3 is 10.6 Å². The third kappa shape index (κ3) is 3.78. The number of amides is 1. The molecule has 0 aliphatic heterocycles. The topological polar surface area (TPSA) is 66.9 Å². The first-order valence-electron chi connectivity index (χ1n) is 6.50. The number of nitrogens with zero attached hydrogens (tertiary/aromatic N) is 2. The highest BCUT2D eigenvalue weighted by Gasteiger charge is 2.06. The number of carbonyl (C=O) groups excluding carboxylic acids is 1. The average Bonchev–Trinajstić information content (AvgIpc) is 2.46. The number of hydrogen-bond donors (Lipinski definition) is 2. The molecule has 5 nitrogen and oxygen atoms in total. The summed E-state index contributed by atoms with van der Waals surface area (Å²) in [7, 11) is 1.64. The molecule has 1 heterocycles. The Morgan fingerprint density at radius 2 is 2.05 bits per heavy atom. The van der Waals surface area contributed by atoms with Crippen LogP contribution in [0.4, 0.5) is 5.69 Å². The molecule has 0 fully saturated rings. The van der Waals surface area contributed by atoms with Crippen molar-refractivity contribution in [2.75, 3.05) is 12.4 Å². The molecule has 20 heavy (non-hydrogen) atoms. The second-order valence-electron chi connectivity index (χ2n) is 4.46. The Labute approximate surface area is 118 Å².